The van der Waals surface area contributed by atoms with E-state index >= 15 is 0 Å². The quantitative estimate of drug-likeness (QED) is 0.693. The molecule has 0 aromatic carbocycles. The van der Waals surface area contributed by atoms with Crippen LogP contribution in [0.4, 0.5) is 13.2 Å². The van der Waals surface area contributed by atoms with E-state index in [1.54, 1.807) is 6.92 Å². The minimum Gasteiger partial charge on any atom is -0.305 e. The predicted octanol–water partition coefficient (Wildman–Crippen LogP) is 4.48. The summed E-state index contributed by atoms with van der Waals surface area (Å²) in [5.74, 6) is 0. The molecule has 0 radical (unpaired) electrons. The first-order chi connectivity index (χ1) is 7.85. The molecule has 17 heavy (non-hydrogen) atoms. The standard InChI is InChI=1S/C10H18F3O3P/c1-2-8-17(14,16-10(11,12)13)15-9-6-4-3-5-7-9/h9H,2-8H2,1H3. The number of hydrogen-bond acceptors (Lipinski definition) is 3. The highest BCUT2D eigenvalue weighted by atomic mass is 31.2. The molecule has 1 atom stereocenters. The molecular formula is C10H18F3O3P. The Morgan fingerprint density at radius 1 is 1.24 bits per heavy atom. The van der Waals surface area contributed by atoms with Crippen molar-refractivity contribution in [3.8, 4) is 0 Å². The molecule has 0 heterocycles. The lowest BCUT2D eigenvalue weighted by molar-refractivity contribution is -0.279. The topological polar surface area (TPSA) is 35.5 Å². The molecule has 0 amide bonds. The van der Waals surface area contributed by atoms with Gasteiger partial charge in [-0.15, -0.1) is 13.2 Å². The van der Waals surface area contributed by atoms with Crippen LogP contribution < -0.4 is 0 Å². The van der Waals surface area contributed by atoms with Gasteiger partial charge in [-0.1, -0.05) is 26.2 Å². The van der Waals surface area contributed by atoms with Crippen molar-refractivity contribution >= 4 is 7.60 Å². The van der Waals surface area contributed by atoms with Gasteiger partial charge >= 0.3 is 14.0 Å². The van der Waals surface area contributed by atoms with E-state index in [1.807, 2.05) is 0 Å². The molecule has 3 nitrogen and oxygen atoms in total. The van der Waals surface area contributed by atoms with Crippen LogP contribution in [0.15, 0.2) is 0 Å². The van der Waals surface area contributed by atoms with Gasteiger partial charge in [-0.05, 0) is 19.3 Å². The lowest BCUT2D eigenvalue weighted by atomic mass is 9.98. The summed E-state index contributed by atoms with van der Waals surface area (Å²) < 4.78 is 57.2. The first-order valence-electron chi connectivity index (χ1n) is 5.89. The molecule has 1 aliphatic rings. The summed E-state index contributed by atoms with van der Waals surface area (Å²) in [6.07, 6.45) is -0.931. The van der Waals surface area contributed by atoms with E-state index in [0.717, 1.165) is 19.3 Å². The van der Waals surface area contributed by atoms with E-state index in [2.05, 4.69) is 4.52 Å². The molecule has 0 aromatic rings. The smallest absolute Gasteiger partial charge is 0.305 e. The highest BCUT2D eigenvalue weighted by molar-refractivity contribution is 7.53. The number of hydrogen-bond donors (Lipinski definition) is 0. The molecule has 1 unspecified atom stereocenters. The number of alkyl halides is 3. The molecule has 0 aromatic heterocycles. The second-order valence-electron chi connectivity index (χ2n) is 4.24. The molecule has 1 saturated carbocycles. The largest absolute Gasteiger partial charge is 0.529 e. The van der Waals surface area contributed by atoms with Crippen molar-refractivity contribution in [2.75, 3.05) is 6.16 Å². The average molecular weight is 274 g/mol. The number of halogens is 3. The zero-order valence-corrected chi connectivity index (χ0v) is 10.7. The van der Waals surface area contributed by atoms with Crippen molar-refractivity contribution in [2.45, 2.75) is 57.9 Å². The van der Waals surface area contributed by atoms with Gasteiger partial charge in [0.2, 0.25) is 0 Å². The molecule has 0 saturated heterocycles. The summed E-state index contributed by atoms with van der Waals surface area (Å²) >= 11 is 0. The maximum Gasteiger partial charge on any atom is 0.529 e. The van der Waals surface area contributed by atoms with E-state index in [9.17, 15) is 17.7 Å². The van der Waals surface area contributed by atoms with Crippen LogP contribution in [0.5, 0.6) is 0 Å². The fourth-order valence-corrected chi connectivity index (χ4v) is 3.72. The third-order valence-corrected chi connectivity index (χ3v) is 4.70. The van der Waals surface area contributed by atoms with Crippen LogP contribution >= 0.6 is 7.60 Å². The summed E-state index contributed by atoms with van der Waals surface area (Å²) in [4.78, 5) is 0. The zero-order valence-electron chi connectivity index (χ0n) is 9.83. The van der Waals surface area contributed by atoms with Gasteiger partial charge in [0.1, 0.15) is 0 Å². The molecule has 1 fully saturated rings. The molecular weight excluding hydrogens is 256 g/mol. The van der Waals surface area contributed by atoms with Crippen molar-refractivity contribution in [3.63, 3.8) is 0 Å². The Bertz CT molecular complexity index is 274. The summed E-state index contributed by atoms with van der Waals surface area (Å²) in [5.41, 5.74) is 0. The number of rotatable bonds is 5. The van der Waals surface area contributed by atoms with E-state index in [1.165, 1.54) is 0 Å². The van der Waals surface area contributed by atoms with Crippen LogP contribution in [0.2, 0.25) is 0 Å². The zero-order chi connectivity index (χ0) is 12.9. The van der Waals surface area contributed by atoms with Gasteiger partial charge in [0.05, 0.1) is 12.3 Å². The van der Waals surface area contributed by atoms with Crippen LogP contribution in [-0.4, -0.2) is 18.6 Å². The summed E-state index contributed by atoms with van der Waals surface area (Å²) in [7, 11) is -4.03. The Morgan fingerprint density at radius 2 is 1.82 bits per heavy atom. The van der Waals surface area contributed by atoms with Gasteiger partial charge in [0, 0.05) is 0 Å². The highest BCUT2D eigenvalue weighted by Gasteiger charge is 2.42. The van der Waals surface area contributed by atoms with Gasteiger partial charge in [0.15, 0.2) is 0 Å². The summed E-state index contributed by atoms with van der Waals surface area (Å²) in [5, 5.41) is 0. The van der Waals surface area contributed by atoms with Crippen LogP contribution in [0.25, 0.3) is 0 Å². The molecule has 0 N–H and O–H groups in total. The Kier molecular flexibility index (Phi) is 5.48. The second-order valence-corrected chi connectivity index (χ2v) is 6.30. The van der Waals surface area contributed by atoms with Gasteiger partial charge < -0.3 is 4.52 Å². The molecule has 0 bridgehead atoms. The second kappa shape index (κ2) is 6.21. The highest BCUT2D eigenvalue weighted by Crippen LogP contribution is 2.55. The van der Waals surface area contributed by atoms with E-state index < -0.39 is 14.0 Å². The van der Waals surface area contributed by atoms with Crippen molar-refractivity contribution in [2.24, 2.45) is 0 Å². The van der Waals surface area contributed by atoms with Gasteiger partial charge in [-0.3, -0.25) is 4.57 Å². The van der Waals surface area contributed by atoms with Crippen LogP contribution in [0.1, 0.15) is 45.4 Å². The molecule has 102 valence electrons. The van der Waals surface area contributed by atoms with E-state index in [4.69, 9.17) is 4.52 Å². The molecule has 0 spiro atoms. The van der Waals surface area contributed by atoms with Crippen molar-refractivity contribution in [1.82, 2.24) is 0 Å². The Balaban J connectivity index is 2.59. The minimum atomic E-state index is -4.90. The lowest BCUT2D eigenvalue weighted by Gasteiger charge is -2.27. The maximum atomic E-state index is 12.2. The first kappa shape index (κ1) is 15.0. The van der Waals surface area contributed by atoms with E-state index in [-0.39, 0.29) is 12.3 Å². The molecule has 7 heteroatoms. The summed E-state index contributed by atoms with van der Waals surface area (Å²) in [6, 6.07) is 0. The maximum absolute atomic E-state index is 12.2. The third kappa shape index (κ3) is 5.89. The Morgan fingerprint density at radius 3 is 2.29 bits per heavy atom. The average Bonchev–Trinajstić information content (AvgIpc) is 2.15. The van der Waals surface area contributed by atoms with Crippen molar-refractivity contribution in [1.29, 1.82) is 0 Å². The first-order valence-corrected chi connectivity index (χ1v) is 7.62. The lowest BCUT2D eigenvalue weighted by Crippen LogP contribution is -2.20. The van der Waals surface area contributed by atoms with Crippen molar-refractivity contribution in [3.05, 3.63) is 0 Å². The Hall–Kier alpha value is -0.0600. The van der Waals surface area contributed by atoms with Crippen LogP contribution in [0, 0.1) is 0 Å². The normalized spacial score (nSPS) is 22.4. The van der Waals surface area contributed by atoms with Gasteiger partial charge in [-0.25, -0.2) is 4.52 Å². The molecule has 1 rings (SSSR count). The Labute approximate surface area is 99.2 Å². The SMILES string of the molecule is CCCP(=O)(OC1CCCCC1)OC(F)(F)F. The minimum absolute atomic E-state index is 0.191. The molecule has 0 aliphatic heterocycles. The third-order valence-electron chi connectivity index (χ3n) is 2.60. The van der Waals surface area contributed by atoms with E-state index in [0.29, 0.717) is 19.3 Å². The molecule has 1 aliphatic carbocycles. The predicted molar refractivity (Wildman–Crippen MR) is 57.9 cm³/mol. The van der Waals surface area contributed by atoms with Crippen molar-refractivity contribution < 1.29 is 26.8 Å². The summed E-state index contributed by atoms with van der Waals surface area (Å²) in [6.45, 7) is 1.65. The fraction of sp³-hybridized carbons (Fsp3) is 1.00. The monoisotopic (exact) mass is 274 g/mol. The van der Waals surface area contributed by atoms with Crippen LogP contribution in [-0.2, 0) is 13.6 Å². The van der Waals surface area contributed by atoms with Crippen LogP contribution in [0.3, 0.4) is 0 Å². The van der Waals surface area contributed by atoms with Gasteiger partial charge in [0.25, 0.3) is 0 Å². The fourth-order valence-electron chi connectivity index (χ4n) is 1.95. The van der Waals surface area contributed by atoms with Gasteiger partial charge in [-0.2, -0.15) is 0 Å².